The van der Waals surface area contributed by atoms with Crippen molar-refractivity contribution in [2.24, 2.45) is 0 Å². The molecule has 2 atom stereocenters. The minimum atomic E-state index is -1.13. The van der Waals surface area contributed by atoms with Crippen molar-refractivity contribution in [1.29, 1.82) is 0 Å². The van der Waals surface area contributed by atoms with E-state index < -0.39 is 30.1 Å². The molecule has 0 radical (unpaired) electrons. The summed E-state index contributed by atoms with van der Waals surface area (Å²) in [5.41, 5.74) is 3.01. The van der Waals surface area contributed by atoms with Crippen LogP contribution < -0.4 is 10.6 Å². The zero-order valence-electron chi connectivity index (χ0n) is 21.2. The van der Waals surface area contributed by atoms with Crippen molar-refractivity contribution in [3.8, 4) is 11.3 Å². The lowest BCUT2D eigenvalue weighted by atomic mass is 10.0. The van der Waals surface area contributed by atoms with E-state index >= 15 is 0 Å². The highest BCUT2D eigenvalue weighted by atomic mass is 35.5. The fraction of sp³-hybridized carbons (Fsp3) is 0.172. The van der Waals surface area contributed by atoms with Crippen LogP contribution >= 0.6 is 11.6 Å². The molecule has 200 valence electrons. The molecule has 10 heteroatoms. The third-order valence-corrected chi connectivity index (χ3v) is 6.36. The van der Waals surface area contributed by atoms with Gasteiger partial charge in [-0.3, -0.25) is 10.1 Å². The Morgan fingerprint density at radius 2 is 1.67 bits per heavy atom. The van der Waals surface area contributed by atoms with E-state index in [0.29, 0.717) is 27.5 Å². The van der Waals surface area contributed by atoms with E-state index in [-0.39, 0.29) is 17.7 Å². The normalized spacial score (nSPS) is 12.3. The van der Waals surface area contributed by atoms with Crippen molar-refractivity contribution in [3.05, 3.63) is 106 Å². The Hall–Kier alpha value is -4.63. The summed E-state index contributed by atoms with van der Waals surface area (Å²) < 4.78 is 10.9. The number of ether oxygens (including phenoxy) is 1. The number of anilines is 1. The van der Waals surface area contributed by atoms with Gasteiger partial charge in [-0.2, -0.15) is 0 Å². The smallest absolute Gasteiger partial charge is 0.412 e. The van der Waals surface area contributed by atoms with Crippen LogP contribution in [0.4, 0.5) is 10.5 Å². The average Bonchev–Trinajstić information content (AvgIpc) is 3.28. The first-order chi connectivity index (χ1) is 18.7. The van der Waals surface area contributed by atoms with Gasteiger partial charge in [0.2, 0.25) is 0 Å². The fourth-order valence-corrected chi connectivity index (χ4v) is 4.23. The van der Waals surface area contributed by atoms with E-state index in [1.54, 1.807) is 62.4 Å². The number of carbonyl (C=O) groups is 3. The summed E-state index contributed by atoms with van der Waals surface area (Å²) in [7, 11) is 0. The lowest BCUT2D eigenvalue weighted by Gasteiger charge is -2.15. The molecule has 0 saturated heterocycles. The number of benzene rings is 3. The second-order valence-electron chi connectivity index (χ2n) is 8.80. The lowest BCUT2D eigenvalue weighted by molar-refractivity contribution is -0.139. The van der Waals surface area contributed by atoms with Crippen molar-refractivity contribution in [3.63, 3.8) is 0 Å². The highest BCUT2D eigenvalue weighted by molar-refractivity contribution is 6.31. The maximum Gasteiger partial charge on any atom is 0.412 e. The molecule has 0 aliphatic carbocycles. The third-order valence-electron chi connectivity index (χ3n) is 6.01. The molecule has 1 aromatic heterocycles. The van der Waals surface area contributed by atoms with E-state index in [1.807, 2.05) is 18.2 Å². The Bertz CT molecular complexity index is 1470. The van der Waals surface area contributed by atoms with Crippen LogP contribution in [0.3, 0.4) is 0 Å². The van der Waals surface area contributed by atoms with Gasteiger partial charge in [0, 0.05) is 28.1 Å². The first-order valence-electron chi connectivity index (χ1n) is 12.1. The quantitative estimate of drug-likeness (QED) is 0.233. The highest BCUT2D eigenvalue weighted by Gasteiger charge is 2.23. The minimum Gasteiger partial charge on any atom is -0.480 e. The third kappa shape index (κ3) is 6.82. The fourth-order valence-electron chi connectivity index (χ4n) is 3.94. The van der Waals surface area contributed by atoms with Crippen LogP contribution in [0.2, 0.25) is 5.02 Å². The number of aromatic nitrogens is 1. The van der Waals surface area contributed by atoms with Gasteiger partial charge in [0.15, 0.2) is 5.76 Å². The number of rotatable bonds is 9. The minimum absolute atomic E-state index is 0.150. The van der Waals surface area contributed by atoms with Crippen molar-refractivity contribution in [1.82, 2.24) is 10.5 Å². The van der Waals surface area contributed by atoms with Crippen LogP contribution in [-0.4, -0.2) is 34.3 Å². The maximum atomic E-state index is 12.8. The predicted molar refractivity (Wildman–Crippen MR) is 146 cm³/mol. The number of aryl methyl sites for hydroxylation is 1. The lowest BCUT2D eigenvalue weighted by Crippen LogP contribution is -2.42. The number of hydrogen-bond acceptors (Lipinski definition) is 6. The number of amides is 2. The number of aliphatic carboxylic acids is 1. The standard InChI is InChI=1S/C29H26ClN3O6/c1-17-25(32-29(37)38-18(2)22-10-6-7-11-23(22)30)26(39-33-17)20-12-14-21(15-13-20)27(34)31-24(28(35)36)16-19-8-4-3-5-9-19/h3-15,18,24H,16H2,1-2H3,(H,31,34)(H,32,37)(H,35,36)/t18?,24-/m1/s1. The van der Waals surface area contributed by atoms with Crippen molar-refractivity contribution < 1.29 is 28.8 Å². The van der Waals surface area contributed by atoms with Gasteiger partial charge in [-0.05, 0) is 37.6 Å². The van der Waals surface area contributed by atoms with Crippen molar-refractivity contribution in [2.75, 3.05) is 5.32 Å². The molecule has 0 bridgehead atoms. The van der Waals surface area contributed by atoms with Crippen LogP contribution in [0.15, 0.2) is 83.4 Å². The first kappa shape index (κ1) is 27.4. The molecule has 0 saturated carbocycles. The molecule has 0 fully saturated rings. The maximum absolute atomic E-state index is 12.8. The second-order valence-corrected chi connectivity index (χ2v) is 9.20. The number of halogens is 1. The van der Waals surface area contributed by atoms with E-state index in [1.165, 1.54) is 12.1 Å². The van der Waals surface area contributed by atoms with Gasteiger partial charge in [0.1, 0.15) is 23.5 Å². The molecule has 9 nitrogen and oxygen atoms in total. The summed E-state index contributed by atoms with van der Waals surface area (Å²) in [6.07, 6.45) is -1.17. The molecule has 0 spiro atoms. The van der Waals surface area contributed by atoms with Gasteiger partial charge in [-0.15, -0.1) is 0 Å². The van der Waals surface area contributed by atoms with Gasteiger partial charge >= 0.3 is 12.1 Å². The molecule has 1 heterocycles. The molecule has 3 aromatic carbocycles. The van der Waals surface area contributed by atoms with Gasteiger partial charge in [-0.25, -0.2) is 9.59 Å². The number of nitrogens with zero attached hydrogens (tertiary/aromatic N) is 1. The van der Waals surface area contributed by atoms with Crippen LogP contribution in [0.25, 0.3) is 11.3 Å². The van der Waals surface area contributed by atoms with E-state index in [4.69, 9.17) is 20.9 Å². The Balaban J connectivity index is 1.44. The van der Waals surface area contributed by atoms with E-state index in [2.05, 4.69) is 15.8 Å². The second kappa shape index (κ2) is 12.3. The van der Waals surface area contributed by atoms with Gasteiger partial charge in [0.05, 0.1) is 0 Å². The van der Waals surface area contributed by atoms with Gasteiger partial charge in [0.25, 0.3) is 5.91 Å². The SMILES string of the molecule is Cc1noc(-c2ccc(C(=O)N[C@H](Cc3ccccc3)C(=O)O)cc2)c1NC(=O)OC(C)c1ccccc1Cl. The number of carboxylic acid groups (broad SMARTS) is 1. The number of nitrogens with one attached hydrogen (secondary N) is 2. The number of hydrogen-bond donors (Lipinski definition) is 3. The molecular formula is C29H26ClN3O6. The Labute approximate surface area is 229 Å². The summed E-state index contributed by atoms with van der Waals surface area (Å²) in [4.78, 5) is 37.1. The largest absolute Gasteiger partial charge is 0.480 e. The number of carbonyl (C=O) groups excluding carboxylic acids is 2. The molecular weight excluding hydrogens is 522 g/mol. The van der Waals surface area contributed by atoms with Gasteiger partial charge in [-0.1, -0.05) is 77.4 Å². The molecule has 0 aliphatic heterocycles. The zero-order chi connectivity index (χ0) is 27.9. The van der Waals surface area contributed by atoms with Crippen LogP contribution in [0, 0.1) is 6.92 Å². The summed E-state index contributed by atoms with van der Waals surface area (Å²) >= 11 is 6.20. The van der Waals surface area contributed by atoms with Gasteiger partial charge < -0.3 is 19.7 Å². The monoisotopic (exact) mass is 547 g/mol. The summed E-state index contributed by atoms with van der Waals surface area (Å²) in [6.45, 7) is 3.38. The molecule has 0 aliphatic rings. The Morgan fingerprint density at radius 1 is 1.00 bits per heavy atom. The summed E-state index contributed by atoms with van der Waals surface area (Å²) in [6, 6.07) is 21.3. The van der Waals surface area contributed by atoms with E-state index in [9.17, 15) is 19.5 Å². The Morgan fingerprint density at radius 3 is 2.33 bits per heavy atom. The van der Waals surface area contributed by atoms with E-state index in [0.717, 1.165) is 5.56 Å². The highest BCUT2D eigenvalue weighted by Crippen LogP contribution is 2.32. The molecule has 2 amide bonds. The Kier molecular flexibility index (Phi) is 8.63. The predicted octanol–water partition coefficient (Wildman–Crippen LogP) is 6.04. The molecule has 1 unspecified atom stereocenters. The topological polar surface area (TPSA) is 131 Å². The summed E-state index contributed by atoms with van der Waals surface area (Å²) in [5, 5.41) is 19.2. The van der Waals surface area contributed by atoms with Crippen LogP contribution in [0.1, 0.15) is 40.2 Å². The first-order valence-corrected chi connectivity index (χ1v) is 12.5. The van der Waals surface area contributed by atoms with Crippen molar-refractivity contribution in [2.45, 2.75) is 32.4 Å². The zero-order valence-corrected chi connectivity index (χ0v) is 21.9. The van der Waals surface area contributed by atoms with Crippen LogP contribution in [0.5, 0.6) is 0 Å². The summed E-state index contributed by atoms with van der Waals surface area (Å²) in [5.74, 6) is -1.39. The molecule has 4 aromatic rings. The number of carboxylic acids is 1. The average molecular weight is 548 g/mol. The molecule has 39 heavy (non-hydrogen) atoms. The van der Waals surface area contributed by atoms with Crippen molar-refractivity contribution >= 4 is 35.3 Å². The van der Waals surface area contributed by atoms with Crippen LogP contribution in [-0.2, 0) is 16.0 Å². The molecule has 4 rings (SSSR count). The molecule has 3 N–H and O–H groups in total.